The van der Waals surface area contributed by atoms with Crippen molar-refractivity contribution in [3.63, 3.8) is 0 Å². The van der Waals surface area contributed by atoms with Gasteiger partial charge in [-0.3, -0.25) is 4.79 Å². The zero-order valence-electron chi connectivity index (χ0n) is 11.1. The molecule has 2 rings (SSSR count). The van der Waals surface area contributed by atoms with E-state index >= 15 is 0 Å². The van der Waals surface area contributed by atoms with Crippen LogP contribution in [0.15, 0.2) is 0 Å². The van der Waals surface area contributed by atoms with Gasteiger partial charge in [0.15, 0.2) is 0 Å². The monoisotopic (exact) mass is 238 g/mol. The molecule has 1 amide bonds. The van der Waals surface area contributed by atoms with E-state index in [2.05, 4.69) is 17.6 Å². The highest BCUT2D eigenvalue weighted by Gasteiger charge is 2.37. The quantitative estimate of drug-likeness (QED) is 0.770. The van der Waals surface area contributed by atoms with Gasteiger partial charge in [-0.25, -0.2) is 0 Å². The van der Waals surface area contributed by atoms with E-state index in [1.54, 1.807) is 0 Å². The molecule has 0 aromatic rings. The van der Waals surface area contributed by atoms with Gasteiger partial charge in [0.2, 0.25) is 5.91 Å². The number of piperidine rings is 1. The van der Waals surface area contributed by atoms with Gasteiger partial charge < -0.3 is 10.6 Å². The highest BCUT2D eigenvalue weighted by atomic mass is 16.2. The molecule has 1 saturated heterocycles. The Kier molecular flexibility index (Phi) is 4.43. The van der Waals surface area contributed by atoms with Crippen molar-refractivity contribution in [1.82, 2.24) is 10.6 Å². The second kappa shape index (κ2) is 5.85. The topological polar surface area (TPSA) is 41.1 Å². The molecule has 1 aliphatic carbocycles. The fourth-order valence-corrected chi connectivity index (χ4v) is 2.98. The van der Waals surface area contributed by atoms with E-state index in [0.717, 1.165) is 44.8 Å². The lowest BCUT2D eigenvalue weighted by atomic mass is 9.77. The molecule has 17 heavy (non-hydrogen) atoms. The van der Waals surface area contributed by atoms with E-state index in [1.165, 1.54) is 25.7 Å². The average molecular weight is 238 g/mol. The van der Waals surface area contributed by atoms with E-state index < -0.39 is 0 Å². The maximum atomic E-state index is 12.3. The summed E-state index contributed by atoms with van der Waals surface area (Å²) in [4.78, 5) is 12.3. The molecule has 2 aliphatic rings. The number of hydrogen-bond acceptors (Lipinski definition) is 2. The number of rotatable bonds is 5. The van der Waals surface area contributed by atoms with Crippen LogP contribution < -0.4 is 10.6 Å². The molecule has 0 radical (unpaired) electrons. The molecular weight excluding hydrogens is 212 g/mol. The van der Waals surface area contributed by atoms with Gasteiger partial charge in [0.25, 0.3) is 0 Å². The zero-order chi connectivity index (χ0) is 12.1. The van der Waals surface area contributed by atoms with Crippen LogP contribution >= 0.6 is 0 Å². The molecule has 1 atom stereocenters. The summed E-state index contributed by atoms with van der Waals surface area (Å²) in [6, 6.07) is 0. The summed E-state index contributed by atoms with van der Waals surface area (Å²) in [5.74, 6) is 1.17. The van der Waals surface area contributed by atoms with E-state index in [-0.39, 0.29) is 11.3 Å². The van der Waals surface area contributed by atoms with Gasteiger partial charge in [0.05, 0.1) is 5.41 Å². The molecular formula is C14H26N2O. The van der Waals surface area contributed by atoms with Crippen molar-refractivity contribution in [3.8, 4) is 0 Å². The molecule has 0 bridgehead atoms. The largest absolute Gasteiger partial charge is 0.356 e. The van der Waals surface area contributed by atoms with Crippen LogP contribution in [0, 0.1) is 11.3 Å². The predicted molar refractivity (Wildman–Crippen MR) is 69.8 cm³/mol. The van der Waals surface area contributed by atoms with Crippen LogP contribution in [-0.2, 0) is 4.79 Å². The lowest BCUT2D eigenvalue weighted by Gasteiger charge is -2.35. The van der Waals surface area contributed by atoms with Gasteiger partial charge in [-0.15, -0.1) is 0 Å². The normalized spacial score (nSPS) is 29.7. The predicted octanol–water partition coefficient (Wildman–Crippen LogP) is 2.07. The van der Waals surface area contributed by atoms with Gasteiger partial charge >= 0.3 is 0 Å². The van der Waals surface area contributed by atoms with Crippen molar-refractivity contribution in [3.05, 3.63) is 0 Å². The molecule has 1 heterocycles. The molecule has 3 heteroatoms. The second-order valence-electron chi connectivity index (χ2n) is 5.76. The van der Waals surface area contributed by atoms with Crippen molar-refractivity contribution in [2.24, 2.45) is 11.3 Å². The zero-order valence-corrected chi connectivity index (χ0v) is 11.1. The van der Waals surface area contributed by atoms with Gasteiger partial charge in [-0.1, -0.05) is 26.2 Å². The van der Waals surface area contributed by atoms with Crippen molar-refractivity contribution in [2.45, 2.75) is 51.9 Å². The standard InChI is InChI=1S/C14H26N2O/c1-2-14(8-4-9-15-11-14)13(17)16-10-7-12-5-3-6-12/h12,15H,2-11H2,1H3,(H,16,17). The number of hydrogen-bond donors (Lipinski definition) is 2. The maximum Gasteiger partial charge on any atom is 0.227 e. The average Bonchev–Trinajstić information content (AvgIpc) is 2.33. The van der Waals surface area contributed by atoms with Crippen LogP contribution in [-0.4, -0.2) is 25.5 Å². The summed E-state index contributed by atoms with van der Waals surface area (Å²) < 4.78 is 0. The van der Waals surface area contributed by atoms with Gasteiger partial charge in [0, 0.05) is 13.1 Å². The summed E-state index contributed by atoms with van der Waals surface area (Å²) in [6.07, 6.45) is 8.44. The summed E-state index contributed by atoms with van der Waals surface area (Å²) in [6.45, 7) is 4.94. The van der Waals surface area contributed by atoms with E-state index in [4.69, 9.17) is 0 Å². The SMILES string of the molecule is CCC1(C(=O)NCCC2CCC2)CCCNC1. The molecule has 0 spiro atoms. The fourth-order valence-electron chi connectivity index (χ4n) is 2.98. The maximum absolute atomic E-state index is 12.3. The van der Waals surface area contributed by atoms with Gasteiger partial charge in [-0.2, -0.15) is 0 Å². The Labute approximate surface area is 105 Å². The molecule has 98 valence electrons. The smallest absolute Gasteiger partial charge is 0.227 e. The second-order valence-corrected chi connectivity index (χ2v) is 5.76. The minimum atomic E-state index is -0.127. The van der Waals surface area contributed by atoms with Crippen molar-refractivity contribution in [2.75, 3.05) is 19.6 Å². The van der Waals surface area contributed by atoms with Crippen LogP contribution in [0.25, 0.3) is 0 Å². The van der Waals surface area contributed by atoms with Crippen LogP contribution in [0.2, 0.25) is 0 Å². The Morgan fingerprint density at radius 3 is 2.76 bits per heavy atom. The number of carbonyl (C=O) groups excluding carboxylic acids is 1. The van der Waals surface area contributed by atoms with Crippen LogP contribution in [0.5, 0.6) is 0 Å². The molecule has 0 aromatic heterocycles. The first-order chi connectivity index (χ1) is 8.27. The number of carbonyl (C=O) groups is 1. The molecule has 1 unspecified atom stereocenters. The van der Waals surface area contributed by atoms with Crippen LogP contribution in [0.4, 0.5) is 0 Å². The van der Waals surface area contributed by atoms with E-state index in [0.29, 0.717) is 0 Å². The van der Waals surface area contributed by atoms with Gasteiger partial charge in [-0.05, 0) is 38.1 Å². The summed E-state index contributed by atoms with van der Waals surface area (Å²) in [5.41, 5.74) is -0.127. The number of amides is 1. The third-order valence-corrected chi connectivity index (χ3v) is 4.69. The Hall–Kier alpha value is -0.570. The summed E-state index contributed by atoms with van der Waals surface area (Å²) >= 11 is 0. The molecule has 2 fully saturated rings. The van der Waals surface area contributed by atoms with Gasteiger partial charge in [0.1, 0.15) is 0 Å². The minimum Gasteiger partial charge on any atom is -0.356 e. The van der Waals surface area contributed by atoms with E-state index in [9.17, 15) is 4.79 Å². The highest BCUT2D eigenvalue weighted by molar-refractivity contribution is 5.82. The third-order valence-electron chi connectivity index (χ3n) is 4.69. The third kappa shape index (κ3) is 3.01. The first-order valence-electron chi connectivity index (χ1n) is 7.26. The van der Waals surface area contributed by atoms with E-state index in [1.807, 2.05) is 0 Å². The minimum absolute atomic E-state index is 0.127. The van der Waals surface area contributed by atoms with Crippen LogP contribution in [0.1, 0.15) is 51.9 Å². The summed E-state index contributed by atoms with van der Waals surface area (Å²) in [7, 11) is 0. The summed E-state index contributed by atoms with van der Waals surface area (Å²) in [5, 5.41) is 6.53. The first kappa shape index (κ1) is 12.9. The Balaban J connectivity index is 1.75. The van der Waals surface area contributed by atoms with Crippen molar-refractivity contribution in [1.29, 1.82) is 0 Å². The first-order valence-corrected chi connectivity index (χ1v) is 7.26. The van der Waals surface area contributed by atoms with Crippen molar-refractivity contribution >= 4 is 5.91 Å². The van der Waals surface area contributed by atoms with Crippen molar-refractivity contribution < 1.29 is 4.79 Å². The Bertz CT molecular complexity index is 255. The lowest BCUT2D eigenvalue weighted by molar-refractivity contribution is -0.132. The molecule has 3 nitrogen and oxygen atoms in total. The molecule has 1 saturated carbocycles. The Morgan fingerprint density at radius 2 is 2.24 bits per heavy atom. The molecule has 2 N–H and O–H groups in total. The highest BCUT2D eigenvalue weighted by Crippen LogP contribution is 2.31. The Morgan fingerprint density at radius 1 is 1.41 bits per heavy atom. The number of nitrogens with one attached hydrogen (secondary N) is 2. The van der Waals surface area contributed by atoms with Crippen LogP contribution in [0.3, 0.4) is 0 Å². The molecule has 1 aliphatic heterocycles. The lowest BCUT2D eigenvalue weighted by Crippen LogP contribution is -2.50. The molecule has 0 aromatic carbocycles. The fraction of sp³-hybridized carbons (Fsp3) is 0.929.